The number of carbonyl (C=O) groups excluding carboxylic acids is 1. The Hall–Kier alpha value is -1.15. The van der Waals surface area contributed by atoms with Gasteiger partial charge in [-0.3, -0.25) is 4.79 Å². The van der Waals surface area contributed by atoms with Crippen molar-refractivity contribution < 1.29 is 9.53 Å². The third kappa shape index (κ3) is 4.31. The monoisotopic (exact) mass is 234 g/mol. The van der Waals surface area contributed by atoms with E-state index < -0.39 is 0 Å². The van der Waals surface area contributed by atoms with Gasteiger partial charge in [0, 0.05) is 5.56 Å². The number of hydrogen-bond acceptors (Lipinski definition) is 2. The van der Waals surface area contributed by atoms with Crippen molar-refractivity contribution in [3.63, 3.8) is 0 Å². The Bertz CT molecular complexity index is 383. The summed E-state index contributed by atoms with van der Waals surface area (Å²) in [5.74, 6) is 0.0779. The molecule has 0 saturated heterocycles. The third-order valence-electron chi connectivity index (χ3n) is 2.89. The molecule has 0 spiro atoms. The summed E-state index contributed by atoms with van der Waals surface area (Å²) in [5, 5.41) is 0. The van der Waals surface area contributed by atoms with Crippen molar-refractivity contribution in [3.8, 4) is 0 Å². The van der Waals surface area contributed by atoms with Crippen molar-refractivity contribution in [3.05, 3.63) is 34.9 Å². The SMILES string of the molecule is CCCC(C)OCC(=O)c1cc(C)ccc1C. The highest BCUT2D eigenvalue weighted by atomic mass is 16.5. The van der Waals surface area contributed by atoms with E-state index in [0.29, 0.717) is 0 Å². The fourth-order valence-electron chi connectivity index (χ4n) is 1.82. The van der Waals surface area contributed by atoms with Crippen molar-refractivity contribution in [2.75, 3.05) is 6.61 Å². The summed E-state index contributed by atoms with van der Waals surface area (Å²) in [5.41, 5.74) is 2.92. The van der Waals surface area contributed by atoms with Gasteiger partial charge in [0.15, 0.2) is 5.78 Å². The molecule has 17 heavy (non-hydrogen) atoms. The Labute approximate surface area is 104 Å². The Kier molecular flexibility index (Phi) is 5.36. The van der Waals surface area contributed by atoms with Gasteiger partial charge < -0.3 is 4.74 Å². The molecule has 1 unspecified atom stereocenters. The second-order valence-electron chi connectivity index (χ2n) is 4.65. The van der Waals surface area contributed by atoms with E-state index in [1.807, 2.05) is 39.0 Å². The van der Waals surface area contributed by atoms with E-state index in [-0.39, 0.29) is 18.5 Å². The highest BCUT2D eigenvalue weighted by molar-refractivity contribution is 5.98. The van der Waals surface area contributed by atoms with Gasteiger partial charge in [-0.05, 0) is 38.8 Å². The molecule has 1 atom stereocenters. The van der Waals surface area contributed by atoms with Crippen LogP contribution in [0.3, 0.4) is 0 Å². The van der Waals surface area contributed by atoms with Gasteiger partial charge in [-0.25, -0.2) is 0 Å². The molecule has 0 aliphatic carbocycles. The summed E-state index contributed by atoms with van der Waals surface area (Å²) in [6, 6.07) is 5.94. The average Bonchev–Trinajstić information content (AvgIpc) is 2.29. The highest BCUT2D eigenvalue weighted by Crippen LogP contribution is 2.12. The van der Waals surface area contributed by atoms with Crippen LogP contribution in [-0.2, 0) is 4.74 Å². The Balaban J connectivity index is 2.61. The molecular formula is C15H22O2. The molecule has 0 radical (unpaired) electrons. The Morgan fingerprint density at radius 2 is 2.06 bits per heavy atom. The molecule has 0 heterocycles. The standard InChI is InChI=1S/C15H22O2/c1-5-6-13(4)17-10-15(16)14-9-11(2)7-8-12(14)3/h7-9,13H,5-6,10H2,1-4H3. The molecule has 0 aromatic heterocycles. The van der Waals surface area contributed by atoms with E-state index in [0.717, 1.165) is 29.5 Å². The normalized spacial score (nSPS) is 12.5. The molecule has 0 bridgehead atoms. The number of hydrogen-bond donors (Lipinski definition) is 0. The second-order valence-corrected chi connectivity index (χ2v) is 4.65. The smallest absolute Gasteiger partial charge is 0.188 e. The van der Waals surface area contributed by atoms with Crippen molar-refractivity contribution in [1.82, 2.24) is 0 Å². The Morgan fingerprint density at radius 1 is 1.35 bits per heavy atom. The van der Waals surface area contributed by atoms with Gasteiger partial charge in [-0.2, -0.15) is 0 Å². The van der Waals surface area contributed by atoms with Crippen molar-refractivity contribution in [2.45, 2.75) is 46.6 Å². The van der Waals surface area contributed by atoms with Crippen LogP contribution in [0.25, 0.3) is 0 Å². The van der Waals surface area contributed by atoms with E-state index in [9.17, 15) is 4.79 Å². The van der Waals surface area contributed by atoms with Gasteiger partial charge in [0.1, 0.15) is 6.61 Å². The average molecular weight is 234 g/mol. The molecule has 0 saturated carbocycles. The summed E-state index contributed by atoms with van der Waals surface area (Å²) in [7, 11) is 0. The fourth-order valence-corrected chi connectivity index (χ4v) is 1.82. The molecule has 2 nitrogen and oxygen atoms in total. The molecule has 94 valence electrons. The molecule has 0 N–H and O–H groups in total. The maximum Gasteiger partial charge on any atom is 0.188 e. The number of rotatable bonds is 6. The molecule has 0 fully saturated rings. The predicted octanol–water partition coefficient (Wildman–Crippen LogP) is 3.69. The van der Waals surface area contributed by atoms with Gasteiger partial charge in [0.25, 0.3) is 0 Å². The van der Waals surface area contributed by atoms with E-state index in [1.165, 1.54) is 0 Å². The van der Waals surface area contributed by atoms with Crippen molar-refractivity contribution >= 4 is 5.78 Å². The molecular weight excluding hydrogens is 212 g/mol. The first-order chi connectivity index (χ1) is 8.04. The Morgan fingerprint density at radius 3 is 2.71 bits per heavy atom. The van der Waals surface area contributed by atoms with Crippen LogP contribution < -0.4 is 0 Å². The van der Waals surface area contributed by atoms with Gasteiger partial charge >= 0.3 is 0 Å². The number of Topliss-reactive ketones (excluding diaryl/α,β-unsaturated/α-hetero) is 1. The number of aryl methyl sites for hydroxylation is 2. The fraction of sp³-hybridized carbons (Fsp3) is 0.533. The van der Waals surface area contributed by atoms with Crippen LogP contribution in [0.5, 0.6) is 0 Å². The summed E-state index contributed by atoms with van der Waals surface area (Å²) >= 11 is 0. The van der Waals surface area contributed by atoms with E-state index in [4.69, 9.17) is 4.74 Å². The maximum atomic E-state index is 12.0. The summed E-state index contributed by atoms with van der Waals surface area (Å²) < 4.78 is 5.54. The lowest BCUT2D eigenvalue weighted by Gasteiger charge is -2.12. The van der Waals surface area contributed by atoms with E-state index in [2.05, 4.69) is 6.92 Å². The first-order valence-corrected chi connectivity index (χ1v) is 6.26. The lowest BCUT2D eigenvalue weighted by atomic mass is 10.0. The zero-order valence-corrected chi connectivity index (χ0v) is 11.2. The van der Waals surface area contributed by atoms with Gasteiger partial charge in [0.2, 0.25) is 0 Å². The number of benzene rings is 1. The highest BCUT2D eigenvalue weighted by Gasteiger charge is 2.11. The second kappa shape index (κ2) is 6.55. The van der Waals surface area contributed by atoms with Gasteiger partial charge in [-0.1, -0.05) is 31.0 Å². The number of ether oxygens (including phenoxy) is 1. The quantitative estimate of drug-likeness (QED) is 0.702. The van der Waals surface area contributed by atoms with E-state index in [1.54, 1.807) is 0 Å². The topological polar surface area (TPSA) is 26.3 Å². The molecule has 0 aliphatic heterocycles. The summed E-state index contributed by atoms with van der Waals surface area (Å²) in [6.07, 6.45) is 2.24. The minimum Gasteiger partial charge on any atom is -0.370 e. The lowest BCUT2D eigenvalue weighted by Crippen LogP contribution is -2.16. The van der Waals surface area contributed by atoms with Crippen LogP contribution in [0.2, 0.25) is 0 Å². The summed E-state index contributed by atoms with van der Waals surface area (Å²) in [4.78, 5) is 12.0. The first kappa shape index (κ1) is 13.9. The van der Waals surface area contributed by atoms with Gasteiger partial charge in [0.05, 0.1) is 6.10 Å². The first-order valence-electron chi connectivity index (χ1n) is 6.26. The van der Waals surface area contributed by atoms with Crippen LogP contribution in [0.4, 0.5) is 0 Å². The van der Waals surface area contributed by atoms with Crippen molar-refractivity contribution in [2.24, 2.45) is 0 Å². The summed E-state index contributed by atoms with van der Waals surface area (Å²) in [6.45, 7) is 8.27. The molecule has 0 aliphatic rings. The molecule has 1 aromatic rings. The van der Waals surface area contributed by atoms with Crippen LogP contribution >= 0.6 is 0 Å². The zero-order valence-electron chi connectivity index (χ0n) is 11.2. The third-order valence-corrected chi connectivity index (χ3v) is 2.89. The molecule has 2 heteroatoms. The largest absolute Gasteiger partial charge is 0.370 e. The van der Waals surface area contributed by atoms with E-state index >= 15 is 0 Å². The molecule has 0 amide bonds. The number of carbonyl (C=O) groups is 1. The van der Waals surface area contributed by atoms with Crippen LogP contribution in [0, 0.1) is 13.8 Å². The minimum atomic E-state index is 0.0779. The van der Waals surface area contributed by atoms with Crippen LogP contribution in [0.15, 0.2) is 18.2 Å². The van der Waals surface area contributed by atoms with Crippen LogP contribution in [-0.4, -0.2) is 18.5 Å². The minimum absolute atomic E-state index is 0.0779. The zero-order chi connectivity index (χ0) is 12.8. The molecule has 1 rings (SSSR count). The number of ketones is 1. The van der Waals surface area contributed by atoms with Gasteiger partial charge in [-0.15, -0.1) is 0 Å². The lowest BCUT2D eigenvalue weighted by molar-refractivity contribution is 0.0490. The predicted molar refractivity (Wildman–Crippen MR) is 70.6 cm³/mol. The van der Waals surface area contributed by atoms with Crippen molar-refractivity contribution in [1.29, 1.82) is 0 Å². The maximum absolute atomic E-state index is 12.0. The molecule has 1 aromatic carbocycles. The van der Waals surface area contributed by atoms with Crippen LogP contribution in [0.1, 0.15) is 48.2 Å².